The summed E-state index contributed by atoms with van der Waals surface area (Å²) in [5.41, 5.74) is 1.28. The number of rotatable bonds is 3. The van der Waals surface area contributed by atoms with E-state index in [1.807, 2.05) is 0 Å². The van der Waals surface area contributed by atoms with Gasteiger partial charge >= 0.3 is 0 Å². The quantitative estimate of drug-likeness (QED) is 0.613. The molecule has 0 saturated heterocycles. The van der Waals surface area contributed by atoms with Crippen molar-refractivity contribution in [2.75, 3.05) is 14.2 Å². The minimum atomic E-state index is -0.338. The maximum absolute atomic E-state index is 10.6. The third-order valence-corrected chi connectivity index (χ3v) is 1.92. The van der Waals surface area contributed by atoms with Crippen molar-refractivity contribution in [3.05, 3.63) is 35.6 Å². The van der Waals surface area contributed by atoms with E-state index in [0.717, 1.165) is 11.9 Å². The molecule has 1 aliphatic rings. The van der Waals surface area contributed by atoms with E-state index >= 15 is 0 Å². The predicted molar refractivity (Wildman–Crippen MR) is 49.2 cm³/mol. The number of aldehydes is 1. The van der Waals surface area contributed by atoms with E-state index in [1.165, 1.54) is 7.11 Å². The van der Waals surface area contributed by atoms with Crippen molar-refractivity contribution in [1.82, 2.24) is 0 Å². The van der Waals surface area contributed by atoms with Crippen LogP contribution in [0.2, 0.25) is 0 Å². The number of carbonyl (C=O) groups excluding carboxylic acids is 1. The molecule has 0 amide bonds. The zero-order valence-corrected chi connectivity index (χ0v) is 7.74. The molecular weight excluding hydrogens is 168 g/mol. The van der Waals surface area contributed by atoms with Crippen LogP contribution in [0.4, 0.5) is 0 Å². The van der Waals surface area contributed by atoms with E-state index < -0.39 is 0 Å². The van der Waals surface area contributed by atoms with Crippen LogP contribution < -0.4 is 0 Å². The molecule has 0 heterocycles. The second-order valence-electron chi connectivity index (χ2n) is 2.67. The summed E-state index contributed by atoms with van der Waals surface area (Å²) >= 11 is 0. The van der Waals surface area contributed by atoms with Crippen LogP contribution in [0.3, 0.4) is 0 Å². The van der Waals surface area contributed by atoms with Gasteiger partial charge in [-0.15, -0.1) is 0 Å². The van der Waals surface area contributed by atoms with Gasteiger partial charge in [0.05, 0.1) is 12.7 Å². The second-order valence-corrected chi connectivity index (χ2v) is 2.67. The van der Waals surface area contributed by atoms with Gasteiger partial charge in [-0.2, -0.15) is 0 Å². The molecule has 3 nitrogen and oxygen atoms in total. The fraction of sp³-hybridized carbons (Fsp3) is 0.300. The average molecular weight is 180 g/mol. The Kier molecular flexibility index (Phi) is 3.03. The Hall–Kier alpha value is -1.35. The Morgan fingerprint density at radius 3 is 2.62 bits per heavy atom. The molecule has 1 atom stereocenters. The highest BCUT2D eigenvalue weighted by Crippen LogP contribution is 2.24. The van der Waals surface area contributed by atoms with Gasteiger partial charge in [0, 0.05) is 7.11 Å². The lowest BCUT2D eigenvalue weighted by molar-refractivity contribution is -0.105. The molecule has 1 aliphatic carbocycles. The Bertz CT molecular complexity index is 287. The molecule has 0 fully saturated rings. The highest BCUT2D eigenvalue weighted by Gasteiger charge is 2.22. The first-order chi connectivity index (χ1) is 6.24. The summed E-state index contributed by atoms with van der Waals surface area (Å²) < 4.78 is 10.2. The number of hydrogen-bond donors (Lipinski definition) is 0. The van der Waals surface area contributed by atoms with Crippen LogP contribution >= 0.6 is 0 Å². The van der Waals surface area contributed by atoms with Gasteiger partial charge in [0.1, 0.15) is 11.9 Å². The molecule has 0 radical (unpaired) electrons. The van der Waals surface area contributed by atoms with E-state index in [-0.39, 0.29) is 6.10 Å². The number of methoxy groups -OCH3 is 2. The van der Waals surface area contributed by atoms with E-state index in [0.29, 0.717) is 11.3 Å². The van der Waals surface area contributed by atoms with Gasteiger partial charge in [0.15, 0.2) is 6.29 Å². The molecule has 0 aromatic carbocycles. The van der Waals surface area contributed by atoms with Crippen molar-refractivity contribution >= 4 is 6.29 Å². The monoisotopic (exact) mass is 180 g/mol. The average Bonchev–Trinajstić information content (AvgIpc) is 2.17. The molecular formula is C10H12O3. The third kappa shape index (κ3) is 1.70. The van der Waals surface area contributed by atoms with Crippen molar-refractivity contribution in [1.29, 1.82) is 0 Å². The lowest BCUT2D eigenvalue weighted by Gasteiger charge is -2.22. The number of allylic oxidation sites excluding steroid dienone is 2. The van der Waals surface area contributed by atoms with E-state index in [9.17, 15) is 4.79 Å². The zero-order chi connectivity index (χ0) is 9.84. The number of hydrogen-bond acceptors (Lipinski definition) is 3. The molecule has 1 unspecified atom stereocenters. The van der Waals surface area contributed by atoms with Crippen LogP contribution in [0, 0.1) is 0 Å². The maximum atomic E-state index is 10.6. The molecule has 0 spiro atoms. The van der Waals surface area contributed by atoms with Crippen molar-refractivity contribution in [2.45, 2.75) is 6.10 Å². The summed E-state index contributed by atoms with van der Waals surface area (Å²) in [6.07, 6.45) is 3.83. The third-order valence-electron chi connectivity index (χ3n) is 1.92. The fourth-order valence-electron chi connectivity index (χ4n) is 1.27. The van der Waals surface area contributed by atoms with Crippen molar-refractivity contribution < 1.29 is 14.3 Å². The lowest BCUT2D eigenvalue weighted by atomic mass is 9.99. The normalized spacial score (nSPS) is 22.0. The molecule has 0 aromatic heterocycles. The molecule has 3 heteroatoms. The summed E-state index contributed by atoms with van der Waals surface area (Å²) in [7, 11) is 3.06. The zero-order valence-electron chi connectivity index (χ0n) is 7.74. The smallest absolute Gasteiger partial charge is 0.153 e. The van der Waals surface area contributed by atoms with Gasteiger partial charge in [-0.25, -0.2) is 0 Å². The summed E-state index contributed by atoms with van der Waals surface area (Å²) in [6.45, 7) is 3.79. The lowest BCUT2D eigenvalue weighted by Crippen LogP contribution is -2.21. The Morgan fingerprint density at radius 2 is 2.15 bits per heavy atom. The topological polar surface area (TPSA) is 35.5 Å². The largest absolute Gasteiger partial charge is 0.497 e. The summed E-state index contributed by atoms with van der Waals surface area (Å²) in [5.74, 6) is 0.519. The number of ether oxygens (including phenoxy) is 2. The van der Waals surface area contributed by atoms with Crippen LogP contribution in [-0.2, 0) is 14.3 Å². The van der Waals surface area contributed by atoms with Crippen LogP contribution in [0.1, 0.15) is 0 Å². The molecule has 1 rings (SSSR count). The first-order valence-corrected chi connectivity index (χ1v) is 3.87. The minimum absolute atomic E-state index is 0.338. The summed E-state index contributed by atoms with van der Waals surface area (Å²) in [6, 6.07) is 0. The molecule has 0 N–H and O–H groups in total. The molecule has 0 aromatic rings. The standard InChI is InChI=1S/C10H12O3/c1-7-4-5-8(6-11)10(13-3)9(7)12-2/h4-6,9H,1H2,2-3H3. The van der Waals surface area contributed by atoms with E-state index in [4.69, 9.17) is 9.47 Å². The predicted octanol–water partition coefficient (Wildman–Crippen LogP) is 1.23. The second kappa shape index (κ2) is 4.05. The molecule has 0 saturated carbocycles. The van der Waals surface area contributed by atoms with Crippen LogP contribution in [0.15, 0.2) is 35.6 Å². The summed E-state index contributed by atoms with van der Waals surface area (Å²) in [5, 5.41) is 0. The van der Waals surface area contributed by atoms with Gasteiger partial charge in [-0.3, -0.25) is 4.79 Å². The summed E-state index contributed by atoms with van der Waals surface area (Å²) in [4.78, 5) is 10.6. The van der Waals surface area contributed by atoms with Gasteiger partial charge in [0.25, 0.3) is 0 Å². The van der Waals surface area contributed by atoms with E-state index in [2.05, 4.69) is 6.58 Å². The molecule has 13 heavy (non-hydrogen) atoms. The molecule has 0 bridgehead atoms. The van der Waals surface area contributed by atoms with E-state index in [1.54, 1.807) is 19.3 Å². The van der Waals surface area contributed by atoms with Crippen LogP contribution in [-0.4, -0.2) is 26.6 Å². The SMILES string of the molecule is C=C1C=CC(C=O)=C(OC)C1OC. The maximum Gasteiger partial charge on any atom is 0.153 e. The Morgan fingerprint density at radius 1 is 1.46 bits per heavy atom. The minimum Gasteiger partial charge on any atom is -0.497 e. The molecule has 0 aliphatic heterocycles. The van der Waals surface area contributed by atoms with Crippen molar-refractivity contribution in [3.63, 3.8) is 0 Å². The first-order valence-electron chi connectivity index (χ1n) is 3.87. The fourth-order valence-corrected chi connectivity index (χ4v) is 1.27. The van der Waals surface area contributed by atoms with Crippen LogP contribution in [0.25, 0.3) is 0 Å². The Balaban J connectivity index is 3.08. The van der Waals surface area contributed by atoms with Gasteiger partial charge in [-0.05, 0) is 11.6 Å². The van der Waals surface area contributed by atoms with Crippen LogP contribution in [0.5, 0.6) is 0 Å². The van der Waals surface area contributed by atoms with Gasteiger partial charge in [-0.1, -0.05) is 12.7 Å². The highest BCUT2D eigenvalue weighted by atomic mass is 16.5. The first kappa shape index (κ1) is 9.74. The Labute approximate surface area is 77.3 Å². The number of carbonyl (C=O) groups is 1. The van der Waals surface area contributed by atoms with Gasteiger partial charge in [0.2, 0.25) is 0 Å². The highest BCUT2D eigenvalue weighted by molar-refractivity contribution is 5.80. The van der Waals surface area contributed by atoms with Crippen molar-refractivity contribution in [3.8, 4) is 0 Å². The van der Waals surface area contributed by atoms with Gasteiger partial charge < -0.3 is 9.47 Å². The van der Waals surface area contributed by atoms with Crippen molar-refractivity contribution in [2.24, 2.45) is 0 Å². The molecule has 70 valence electrons.